The summed E-state index contributed by atoms with van der Waals surface area (Å²) in [7, 11) is 2.11. The van der Waals surface area contributed by atoms with Crippen LogP contribution in [0.5, 0.6) is 0 Å². The molecule has 0 fully saturated rings. The van der Waals surface area contributed by atoms with Crippen LogP contribution in [0.1, 0.15) is 20.3 Å². The third-order valence-corrected chi connectivity index (χ3v) is 3.42. The van der Waals surface area contributed by atoms with Gasteiger partial charge in [-0.25, -0.2) is 19.3 Å². The summed E-state index contributed by atoms with van der Waals surface area (Å²) in [6.45, 7) is 6.13. The van der Waals surface area contributed by atoms with Crippen LogP contribution in [0.15, 0.2) is 17.2 Å². The van der Waals surface area contributed by atoms with Gasteiger partial charge in [0.1, 0.15) is 12.1 Å². The van der Waals surface area contributed by atoms with Gasteiger partial charge in [-0.05, 0) is 20.4 Å². The molecule has 7 nitrogen and oxygen atoms in total. The van der Waals surface area contributed by atoms with Crippen molar-refractivity contribution >= 4 is 11.5 Å². The van der Waals surface area contributed by atoms with Gasteiger partial charge in [0, 0.05) is 25.2 Å². The molecule has 1 atom stereocenters. The summed E-state index contributed by atoms with van der Waals surface area (Å²) in [5.41, 5.74) is 0.295. The first-order chi connectivity index (χ1) is 9.11. The van der Waals surface area contributed by atoms with Crippen LogP contribution in [-0.4, -0.2) is 50.7 Å². The zero-order valence-corrected chi connectivity index (χ0v) is 11.6. The van der Waals surface area contributed by atoms with Gasteiger partial charge in [0.25, 0.3) is 0 Å². The van der Waals surface area contributed by atoms with Crippen molar-refractivity contribution in [2.24, 2.45) is 0 Å². The number of anilines is 1. The number of hydrogen-bond donors (Lipinski definition) is 2. The fourth-order valence-electron chi connectivity index (χ4n) is 1.80. The zero-order chi connectivity index (χ0) is 13.8. The summed E-state index contributed by atoms with van der Waals surface area (Å²) in [4.78, 5) is 17.8. The maximum Gasteiger partial charge on any atom is 0.348 e. The molecule has 2 aromatic rings. The highest BCUT2D eigenvalue weighted by Crippen LogP contribution is 2.04. The van der Waals surface area contributed by atoms with Crippen molar-refractivity contribution < 1.29 is 0 Å². The molecule has 2 aromatic heterocycles. The second kappa shape index (κ2) is 5.83. The van der Waals surface area contributed by atoms with Crippen molar-refractivity contribution in [1.29, 1.82) is 0 Å². The predicted molar refractivity (Wildman–Crippen MR) is 74.5 cm³/mol. The van der Waals surface area contributed by atoms with Crippen LogP contribution >= 0.6 is 0 Å². The van der Waals surface area contributed by atoms with E-state index in [1.165, 1.54) is 10.7 Å². The molecule has 0 spiro atoms. The second-order valence-electron chi connectivity index (χ2n) is 4.70. The van der Waals surface area contributed by atoms with Gasteiger partial charge in [0.15, 0.2) is 5.65 Å². The molecule has 19 heavy (non-hydrogen) atoms. The Balaban J connectivity index is 1.93. The van der Waals surface area contributed by atoms with Gasteiger partial charge in [-0.2, -0.15) is 5.10 Å². The summed E-state index contributed by atoms with van der Waals surface area (Å²) in [5, 5.41) is 9.51. The van der Waals surface area contributed by atoms with E-state index in [0.29, 0.717) is 11.7 Å². The van der Waals surface area contributed by atoms with E-state index in [0.717, 1.165) is 25.3 Å². The lowest BCUT2D eigenvalue weighted by atomic mass is 10.2. The lowest BCUT2D eigenvalue weighted by molar-refractivity contribution is 0.261. The molecule has 0 amide bonds. The number of aromatic nitrogens is 4. The molecule has 2 rings (SSSR count). The van der Waals surface area contributed by atoms with Crippen molar-refractivity contribution in [1.82, 2.24) is 24.5 Å². The van der Waals surface area contributed by atoms with E-state index >= 15 is 0 Å². The quantitative estimate of drug-likeness (QED) is 0.797. The van der Waals surface area contributed by atoms with E-state index in [-0.39, 0.29) is 5.69 Å². The number of likely N-dealkylation sites (N-methyl/N-ethyl adjacent to an activating group) is 1. The summed E-state index contributed by atoms with van der Waals surface area (Å²) in [6, 6.07) is 2.32. The number of nitrogens with one attached hydrogen (secondary N) is 2. The highest BCUT2D eigenvalue weighted by Gasteiger charge is 2.06. The fourth-order valence-corrected chi connectivity index (χ4v) is 1.80. The molecule has 0 saturated carbocycles. The van der Waals surface area contributed by atoms with Crippen LogP contribution < -0.4 is 11.0 Å². The fraction of sp³-hybridized carbons (Fsp3) is 0.583. The SMILES string of the molecule is CCC(C)N(C)CCNc1cc2n[nH]c(=O)n2cn1. The predicted octanol–water partition coefficient (Wildman–Crippen LogP) is 0.560. The first-order valence-corrected chi connectivity index (χ1v) is 6.48. The standard InChI is InChI=1S/C12H20N6O/c1-4-9(2)17(3)6-5-13-10-7-11-15-16-12(19)18(11)8-14-10/h7-9,13H,4-6H2,1-3H3,(H,16,19). The van der Waals surface area contributed by atoms with Crippen LogP contribution in [0.25, 0.3) is 5.65 Å². The molecule has 0 bridgehead atoms. The van der Waals surface area contributed by atoms with Crippen LogP contribution in [-0.2, 0) is 0 Å². The molecule has 0 aliphatic carbocycles. The van der Waals surface area contributed by atoms with Gasteiger partial charge in [-0.3, -0.25) is 0 Å². The maximum absolute atomic E-state index is 11.3. The average molecular weight is 264 g/mol. The molecule has 0 aromatic carbocycles. The van der Waals surface area contributed by atoms with E-state index in [1.807, 2.05) is 0 Å². The summed E-state index contributed by atoms with van der Waals surface area (Å²) < 4.78 is 1.37. The Morgan fingerprint density at radius 1 is 1.58 bits per heavy atom. The maximum atomic E-state index is 11.3. The largest absolute Gasteiger partial charge is 0.369 e. The van der Waals surface area contributed by atoms with Gasteiger partial charge in [0.2, 0.25) is 0 Å². The molecule has 104 valence electrons. The number of aromatic amines is 1. The minimum Gasteiger partial charge on any atom is -0.369 e. The Morgan fingerprint density at radius 2 is 2.37 bits per heavy atom. The Morgan fingerprint density at radius 3 is 3.11 bits per heavy atom. The monoisotopic (exact) mass is 264 g/mol. The third kappa shape index (κ3) is 3.11. The number of H-pyrrole nitrogens is 1. The van der Waals surface area contributed by atoms with Crippen molar-refractivity contribution in [3.05, 3.63) is 22.9 Å². The second-order valence-corrected chi connectivity index (χ2v) is 4.70. The molecule has 0 aliphatic rings. The van der Waals surface area contributed by atoms with Crippen molar-refractivity contribution in [2.75, 3.05) is 25.5 Å². The summed E-state index contributed by atoms with van der Waals surface area (Å²) in [6.07, 6.45) is 2.61. The normalized spacial score (nSPS) is 13.1. The highest BCUT2D eigenvalue weighted by atomic mass is 16.1. The number of rotatable bonds is 6. The van der Waals surface area contributed by atoms with E-state index in [4.69, 9.17) is 0 Å². The summed E-state index contributed by atoms with van der Waals surface area (Å²) in [5.74, 6) is 0.726. The van der Waals surface area contributed by atoms with E-state index in [1.54, 1.807) is 6.07 Å². The number of fused-ring (bicyclic) bond motifs is 1. The first kappa shape index (κ1) is 13.5. The van der Waals surface area contributed by atoms with Crippen molar-refractivity contribution in [3.63, 3.8) is 0 Å². The van der Waals surface area contributed by atoms with Gasteiger partial charge >= 0.3 is 5.69 Å². The molecular formula is C12H20N6O. The van der Waals surface area contributed by atoms with Gasteiger partial charge in [-0.1, -0.05) is 6.92 Å². The van der Waals surface area contributed by atoms with E-state index in [9.17, 15) is 4.79 Å². The average Bonchev–Trinajstić information content (AvgIpc) is 2.79. The van der Waals surface area contributed by atoms with Crippen molar-refractivity contribution in [3.8, 4) is 0 Å². The van der Waals surface area contributed by atoms with Crippen LogP contribution in [0, 0.1) is 0 Å². The minimum atomic E-state index is -0.273. The van der Waals surface area contributed by atoms with Gasteiger partial charge in [-0.15, -0.1) is 0 Å². The smallest absolute Gasteiger partial charge is 0.348 e. The molecule has 2 heterocycles. The molecule has 0 saturated heterocycles. The lowest BCUT2D eigenvalue weighted by Crippen LogP contribution is -2.32. The van der Waals surface area contributed by atoms with Crippen molar-refractivity contribution in [2.45, 2.75) is 26.3 Å². The zero-order valence-electron chi connectivity index (χ0n) is 11.6. The lowest BCUT2D eigenvalue weighted by Gasteiger charge is -2.23. The summed E-state index contributed by atoms with van der Waals surface area (Å²) >= 11 is 0. The van der Waals surface area contributed by atoms with Crippen LogP contribution in [0.2, 0.25) is 0 Å². The van der Waals surface area contributed by atoms with Gasteiger partial charge < -0.3 is 10.2 Å². The molecule has 0 radical (unpaired) electrons. The highest BCUT2D eigenvalue weighted by molar-refractivity contribution is 5.48. The Bertz CT molecular complexity index is 589. The van der Waals surface area contributed by atoms with Crippen LogP contribution in [0.3, 0.4) is 0 Å². The topological polar surface area (TPSA) is 78.3 Å². The molecule has 2 N–H and O–H groups in total. The minimum absolute atomic E-state index is 0.273. The molecule has 0 aliphatic heterocycles. The van der Waals surface area contributed by atoms with Crippen LogP contribution in [0.4, 0.5) is 5.82 Å². The van der Waals surface area contributed by atoms with E-state index in [2.05, 4.69) is 46.3 Å². The molecule has 7 heteroatoms. The Labute approximate surface area is 111 Å². The van der Waals surface area contributed by atoms with Gasteiger partial charge in [0.05, 0.1) is 0 Å². The number of hydrogen-bond acceptors (Lipinski definition) is 5. The van der Waals surface area contributed by atoms with E-state index < -0.39 is 0 Å². The Kier molecular flexibility index (Phi) is 4.16. The Hall–Kier alpha value is -1.89. The number of nitrogens with zero attached hydrogens (tertiary/aromatic N) is 4. The molecule has 1 unspecified atom stereocenters. The first-order valence-electron chi connectivity index (χ1n) is 6.48. The third-order valence-electron chi connectivity index (χ3n) is 3.42. The molecular weight excluding hydrogens is 244 g/mol.